The zero-order chi connectivity index (χ0) is 7.11. The van der Waals surface area contributed by atoms with Crippen LogP contribution in [0.2, 0.25) is 0 Å². The van der Waals surface area contributed by atoms with Crippen LogP contribution in [0.25, 0.3) is 0 Å². The van der Waals surface area contributed by atoms with Crippen molar-refractivity contribution < 1.29 is 14.3 Å². The SMILES string of the molecule is CCC=COC(=O)C=O. The van der Waals surface area contributed by atoms with Crippen molar-refractivity contribution in [1.29, 1.82) is 0 Å². The van der Waals surface area contributed by atoms with Crippen LogP contribution >= 0.6 is 0 Å². The van der Waals surface area contributed by atoms with Crippen molar-refractivity contribution in [3.63, 3.8) is 0 Å². The third-order valence-electron chi connectivity index (χ3n) is 0.612. The quantitative estimate of drug-likeness (QED) is 0.242. The fraction of sp³-hybridized carbons (Fsp3) is 0.333. The first-order valence-corrected chi connectivity index (χ1v) is 2.62. The first kappa shape index (κ1) is 7.88. The van der Waals surface area contributed by atoms with E-state index in [4.69, 9.17) is 0 Å². The Morgan fingerprint density at radius 2 is 2.33 bits per heavy atom. The number of esters is 1. The Bertz CT molecular complexity index is 126. The van der Waals surface area contributed by atoms with Gasteiger partial charge in [0.2, 0.25) is 6.29 Å². The van der Waals surface area contributed by atoms with Crippen molar-refractivity contribution >= 4 is 12.3 Å². The Morgan fingerprint density at radius 1 is 1.67 bits per heavy atom. The summed E-state index contributed by atoms with van der Waals surface area (Å²) in [4.78, 5) is 19.6. The predicted octanol–water partition coefficient (Wildman–Crippen LogP) is 0.652. The van der Waals surface area contributed by atoms with Crippen molar-refractivity contribution in [2.75, 3.05) is 0 Å². The largest absolute Gasteiger partial charge is 0.429 e. The first-order chi connectivity index (χ1) is 4.31. The topological polar surface area (TPSA) is 43.4 Å². The molecule has 0 spiro atoms. The van der Waals surface area contributed by atoms with Gasteiger partial charge in [-0.25, -0.2) is 4.79 Å². The molecule has 0 atom stereocenters. The molecule has 0 bridgehead atoms. The lowest BCUT2D eigenvalue weighted by atomic mass is 10.5. The van der Waals surface area contributed by atoms with Crippen LogP contribution < -0.4 is 0 Å². The summed E-state index contributed by atoms with van der Waals surface area (Å²) in [6.07, 6.45) is 3.75. The number of carbonyl (C=O) groups excluding carboxylic acids is 2. The van der Waals surface area contributed by atoms with E-state index in [2.05, 4.69) is 4.74 Å². The summed E-state index contributed by atoms with van der Waals surface area (Å²) >= 11 is 0. The van der Waals surface area contributed by atoms with Gasteiger partial charge in [-0.3, -0.25) is 4.79 Å². The maximum Gasteiger partial charge on any atom is 0.376 e. The Balaban J connectivity index is 3.37. The number of hydrogen-bond donors (Lipinski definition) is 0. The van der Waals surface area contributed by atoms with Gasteiger partial charge in [0.15, 0.2) is 0 Å². The van der Waals surface area contributed by atoms with E-state index in [1.54, 1.807) is 6.08 Å². The molecule has 0 rings (SSSR count). The normalized spacial score (nSPS) is 9.44. The van der Waals surface area contributed by atoms with E-state index < -0.39 is 5.97 Å². The second-order valence-electron chi connectivity index (χ2n) is 1.33. The van der Waals surface area contributed by atoms with Crippen molar-refractivity contribution in [2.24, 2.45) is 0 Å². The van der Waals surface area contributed by atoms with Gasteiger partial charge < -0.3 is 4.74 Å². The van der Waals surface area contributed by atoms with E-state index in [-0.39, 0.29) is 6.29 Å². The van der Waals surface area contributed by atoms with Crippen LogP contribution in [0.15, 0.2) is 12.3 Å². The Morgan fingerprint density at radius 3 is 2.78 bits per heavy atom. The molecule has 0 aliphatic heterocycles. The van der Waals surface area contributed by atoms with Crippen LogP contribution in [0, 0.1) is 0 Å². The Hall–Kier alpha value is -1.12. The molecular formula is C6H8O3. The predicted molar refractivity (Wildman–Crippen MR) is 31.6 cm³/mol. The van der Waals surface area contributed by atoms with Gasteiger partial charge in [0.25, 0.3) is 0 Å². The average molecular weight is 128 g/mol. The van der Waals surface area contributed by atoms with Crippen molar-refractivity contribution in [3.05, 3.63) is 12.3 Å². The van der Waals surface area contributed by atoms with E-state index in [0.717, 1.165) is 6.42 Å². The van der Waals surface area contributed by atoms with Gasteiger partial charge in [0.1, 0.15) is 0 Å². The minimum Gasteiger partial charge on any atom is -0.429 e. The third-order valence-corrected chi connectivity index (χ3v) is 0.612. The number of allylic oxidation sites excluding steroid dienone is 1. The molecule has 0 aliphatic rings. The van der Waals surface area contributed by atoms with E-state index in [0.29, 0.717) is 0 Å². The van der Waals surface area contributed by atoms with Crippen LogP contribution in [0.1, 0.15) is 13.3 Å². The zero-order valence-corrected chi connectivity index (χ0v) is 5.16. The number of hydrogen-bond acceptors (Lipinski definition) is 3. The van der Waals surface area contributed by atoms with Crippen LogP contribution in [0.5, 0.6) is 0 Å². The molecule has 0 N–H and O–H groups in total. The highest BCUT2D eigenvalue weighted by atomic mass is 16.5. The number of aldehydes is 1. The summed E-state index contributed by atoms with van der Waals surface area (Å²) in [6.45, 7) is 1.89. The van der Waals surface area contributed by atoms with Crippen LogP contribution in [0.3, 0.4) is 0 Å². The lowest BCUT2D eigenvalue weighted by molar-refractivity contribution is -0.144. The third kappa shape index (κ3) is 4.74. The lowest BCUT2D eigenvalue weighted by Crippen LogP contribution is -1.98. The molecule has 0 aromatic heterocycles. The lowest BCUT2D eigenvalue weighted by Gasteiger charge is -1.85. The minimum absolute atomic E-state index is 0.125. The number of carbonyl (C=O) groups is 2. The molecule has 0 radical (unpaired) electrons. The van der Waals surface area contributed by atoms with Gasteiger partial charge >= 0.3 is 5.97 Å². The Labute approximate surface area is 53.3 Å². The smallest absolute Gasteiger partial charge is 0.376 e. The summed E-state index contributed by atoms with van der Waals surface area (Å²) in [5.41, 5.74) is 0. The second-order valence-corrected chi connectivity index (χ2v) is 1.33. The molecule has 50 valence electrons. The molecule has 0 aromatic carbocycles. The molecule has 0 amide bonds. The highest BCUT2D eigenvalue weighted by Gasteiger charge is 1.91. The van der Waals surface area contributed by atoms with E-state index in [1.165, 1.54) is 6.26 Å². The molecule has 0 fully saturated rings. The fourth-order valence-corrected chi connectivity index (χ4v) is 0.239. The average Bonchev–Trinajstić information content (AvgIpc) is 1.89. The molecule has 9 heavy (non-hydrogen) atoms. The number of ether oxygens (including phenoxy) is 1. The van der Waals surface area contributed by atoms with Crippen molar-refractivity contribution in [2.45, 2.75) is 13.3 Å². The zero-order valence-electron chi connectivity index (χ0n) is 5.16. The summed E-state index contributed by atoms with van der Waals surface area (Å²) < 4.78 is 4.24. The van der Waals surface area contributed by atoms with Crippen molar-refractivity contribution in [1.82, 2.24) is 0 Å². The highest BCUT2D eigenvalue weighted by molar-refractivity contribution is 6.20. The Kier molecular flexibility index (Phi) is 4.40. The van der Waals surface area contributed by atoms with Gasteiger partial charge in [0, 0.05) is 0 Å². The maximum absolute atomic E-state index is 10.0. The van der Waals surface area contributed by atoms with Gasteiger partial charge in [0.05, 0.1) is 6.26 Å². The highest BCUT2D eigenvalue weighted by Crippen LogP contribution is 1.80. The second kappa shape index (κ2) is 5.03. The summed E-state index contributed by atoms with van der Waals surface area (Å²) in [5.74, 6) is -0.861. The van der Waals surface area contributed by atoms with Crippen LogP contribution in [-0.2, 0) is 14.3 Å². The van der Waals surface area contributed by atoms with Crippen molar-refractivity contribution in [3.8, 4) is 0 Å². The van der Waals surface area contributed by atoms with Gasteiger partial charge in [-0.2, -0.15) is 0 Å². The molecule has 0 unspecified atom stereocenters. The van der Waals surface area contributed by atoms with E-state index in [1.807, 2.05) is 6.92 Å². The van der Waals surface area contributed by atoms with Crippen LogP contribution in [-0.4, -0.2) is 12.3 Å². The summed E-state index contributed by atoms with van der Waals surface area (Å²) in [6, 6.07) is 0. The molecule has 0 saturated carbocycles. The van der Waals surface area contributed by atoms with E-state index >= 15 is 0 Å². The van der Waals surface area contributed by atoms with Gasteiger partial charge in [-0.1, -0.05) is 6.92 Å². The van der Waals surface area contributed by atoms with Crippen LogP contribution in [0.4, 0.5) is 0 Å². The van der Waals surface area contributed by atoms with E-state index in [9.17, 15) is 9.59 Å². The molecule has 0 saturated heterocycles. The minimum atomic E-state index is -0.861. The molecule has 0 aromatic rings. The number of rotatable bonds is 3. The molecule has 0 heterocycles. The fourth-order valence-electron chi connectivity index (χ4n) is 0.239. The monoisotopic (exact) mass is 128 g/mol. The molecule has 0 aliphatic carbocycles. The van der Waals surface area contributed by atoms with Gasteiger partial charge in [-0.15, -0.1) is 0 Å². The molecule has 3 nitrogen and oxygen atoms in total. The molecular weight excluding hydrogens is 120 g/mol. The molecule has 3 heteroatoms. The first-order valence-electron chi connectivity index (χ1n) is 2.62. The summed E-state index contributed by atoms with van der Waals surface area (Å²) in [7, 11) is 0. The van der Waals surface area contributed by atoms with Gasteiger partial charge in [-0.05, 0) is 12.5 Å². The standard InChI is InChI=1S/C6H8O3/c1-2-3-4-9-6(8)5-7/h3-5H,2H2,1H3. The summed E-state index contributed by atoms with van der Waals surface area (Å²) in [5, 5.41) is 0. The maximum atomic E-state index is 10.0.